The normalized spacial score (nSPS) is 12.4. The second-order valence-corrected chi connectivity index (χ2v) is 6.13. The van der Waals surface area contributed by atoms with Crippen LogP contribution in [0.1, 0.15) is 6.92 Å². The van der Waals surface area contributed by atoms with Crippen molar-refractivity contribution in [2.75, 3.05) is 19.8 Å². The minimum absolute atomic E-state index is 0.0392. The molecule has 2 aromatic carbocycles. The minimum atomic E-state index is -4.87. The summed E-state index contributed by atoms with van der Waals surface area (Å²) >= 11 is 0. The fourth-order valence-electron chi connectivity index (χ4n) is 2.27. The topological polar surface area (TPSA) is 98.9 Å². The molecule has 32 heavy (non-hydrogen) atoms. The number of hydrogen-bond donors (Lipinski definition) is 1. The number of phenolic OH excluding ortho intramolecular Hbond substituents is 1. The molecular weight excluding hydrogens is 433 g/mol. The van der Waals surface area contributed by atoms with Crippen molar-refractivity contribution >= 4 is 17.3 Å². The standard InChI is InChI=1S/C21H21F3N2O6/c1-3-20(28)31-17(12-29-4-2)13-30-15-7-5-14(6-8-15)25-26-18-10-9-16(11-19(18)27)32-21(22,23)24/h3,5-11,17,27H,1,4,12-13H2,2H3. The third-order valence-corrected chi connectivity index (χ3v) is 3.68. The number of alkyl halides is 3. The zero-order valence-electron chi connectivity index (χ0n) is 17.0. The lowest BCUT2D eigenvalue weighted by molar-refractivity contribution is -0.274. The van der Waals surface area contributed by atoms with Gasteiger partial charge in [0.05, 0.1) is 12.3 Å². The van der Waals surface area contributed by atoms with Crippen LogP contribution in [0.2, 0.25) is 0 Å². The Bertz CT molecular complexity index is 932. The molecule has 0 saturated heterocycles. The molecule has 0 spiro atoms. The highest BCUT2D eigenvalue weighted by Crippen LogP contribution is 2.34. The molecule has 2 rings (SSSR count). The van der Waals surface area contributed by atoms with E-state index in [1.54, 1.807) is 24.3 Å². The highest BCUT2D eigenvalue weighted by Gasteiger charge is 2.31. The number of halogens is 3. The highest BCUT2D eigenvalue weighted by molar-refractivity contribution is 5.81. The van der Waals surface area contributed by atoms with Crippen molar-refractivity contribution in [3.8, 4) is 17.2 Å². The van der Waals surface area contributed by atoms with Gasteiger partial charge in [-0.1, -0.05) is 6.58 Å². The molecule has 11 heteroatoms. The van der Waals surface area contributed by atoms with Gasteiger partial charge in [-0.3, -0.25) is 0 Å². The molecule has 0 fully saturated rings. The van der Waals surface area contributed by atoms with E-state index in [2.05, 4.69) is 21.5 Å². The molecule has 1 unspecified atom stereocenters. The molecule has 1 atom stereocenters. The van der Waals surface area contributed by atoms with Crippen molar-refractivity contribution in [1.82, 2.24) is 0 Å². The summed E-state index contributed by atoms with van der Waals surface area (Å²) in [6.07, 6.45) is -4.43. The van der Waals surface area contributed by atoms with Crippen LogP contribution < -0.4 is 9.47 Å². The van der Waals surface area contributed by atoms with Crippen LogP contribution in [0.4, 0.5) is 24.5 Å². The van der Waals surface area contributed by atoms with E-state index < -0.39 is 29.9 Å². The van der Waals surface area contributed by atoms with E-state index >= 15 is 0 Å². The smallest absolute Gasteiger partial charge is 0.505 e. The zero-order chi connectivity index (χ0) is 23.6. The number of carbonyl (C=O) groups excluding carboxylic acids is 1. The number of rotatable bonds is 11. The van der Waals surface area contributed by atoms with Crippen molar-refractivity contribution < 1.29 is 42.0 Å². The maximum absolute atomic E-state index is 12.2. The van der Waals surface area contributed by atoms with Gasteiger partial charge in [0.1, 0.15) is 29.5 Å². The van der Waals surface area contributed by atoms with Crippen LogP contribution in [-0.2, 0) is 14.3 Å². The number of nitrogens with zero attached hydrogens (tertiary/aromatic N) is 2. The summed E-state index contributed by atoms with van der Waals surface area (Å²) in [7, 11) is 0. The molecule has 172 valence electrons. The van der Waals surface area contributed by atoms with E-state index in [9.17, 15) is 23.1 Å². The van der Waals surface area contributed by atoms with Gasteiger partial charge in [0, 0.05) is 18.7 Å². The van der Waals surface area contributed by atoms with Crippen LogP contribution >= 0.6 is 0 Å². The minimum Gasteiger partial charge on any atom is -0.505 e. The molecule has 0 radical (unpaired) electrons. The van der Waals surface area contributed by atoms with E-state index in [-0.39, 0.29) is 18.9 Å². The number of aromatic hydroxyl groups is 1. The largest absolute Gasteiger partial charge is 0.573 e. The molecule has 8 nitrogen and oxygen atoms in total. The lowest BCUT2D eigenvalue weighted by Gasteiger charge is -2.17. The molecule has 0 heterocycles. The molecule has 0 aliphatic carbocycles. The SMILES string of the molecule is C=CC(=O)OC(COCC)COc1ccc(N=Nc2ccc(OC(F)(F)F)cc2O)cc1. The first kappa shape index (κ1) is 24.7. The van der Waals surface area contributed by atoms with Crippen molar-refractivity contribution in [1.29, 1.82) is 0 Å². The lowest BCUT2D eigenvalue weighted by atomic mass is 10.3. The molecule has 0 aromatic heterocycles. The molecule has 0 saturated carbocycles. The molecule has 2 aromatic rings. The Morgan fingerprint density at radius 1 is 1.12 bits per heavy atom. The maximum Gasteiger partial charge on any atom is 0.573 e. The van der Waals surface area contributed by atoms with Gasteiger partial charge in [-0.25, -0.2) is 4.79 Å². The van der Waals surface area contributed by atoms with Crippen molar-refractivity contribution in [2.24, 2.45) is 10.2 Å². The number of esters is 1. The average molecular weight is 454 g/mol. The summed E-state index contributed by atoms with van der Waals surface area (Å²) in [5.74, 6) is -1.21. The van der Waals surface area contributed by atoms with E-state index in [0.717, 1.165) is 24.3 Å². The number of hydrogen-bond acceptors (Lipinski definition) is 8. The quantitative estimate of drug-likeness (QED) is 0.284. The number of benzene rings is 2. The van der Waals surface area contributed by atoms with Gasteiger partial charge in [-0.05, 0) is 43.3 Å². The van der Waals surface area contributed by atoms with E-state index in [4.69, 9.17) is 14.2 Å². The average Bonchev–Trinajstić information content (AvgIpc) is 2.74. The summed E-state index contributed by atoms with van der Waals surface area (Å²) in [4.78, 5) is 11.4. The number of ether oxygens (including phenoxy) is 4. The van der Waals surface area contributed by atoms with Gasteiger partial charge < -0.3 is 24.1 Å². The van der Waals surface area contributed by atoms with Gasteiger partial charge in [0.25, 0.3) is 0 Å². The van der Waals surface area contributed by atoms with Crippen LogP contribution in [-0.4, -0.2) is 43.4 Å². The summed E-state index contributed by atoms with van der Waals surface area (Å²) < 4.78 is 56.4. The highest BCUT2D eigenvalue weighted by atomic mass is 19.4. The molecular formula is C21H21F3N2O6. The second-order valence-electron chi connectivity index (χ2n) is 6.13. The molecule has 0 aliphatic rings. The number of carbonyl (C=O) groups is 1. The first-order valence-electron chi connectivity index (χ1n) is 9.34. The third-order valence-electron chi connectivity index (χ3n) is 3.68. The first-order chi connectivity index (χ1) is 15.2. The van der Waals surface area contributed by atoms with Crippen molar-refractivity contribution in [3.63, 3.8) is 0 Å². The summed E-state index contributed by atoms with van der Waals surface area (Å²) in [6, 6.07) is 9.28. The van der Waals surface area contributed by atoms with Crippen LogP contribution in [0.5, 0.6) is 17.2 Å². The van der Waals surface area contributed by atoms with E-state index in [1.165, 1.54) is 0 Å². The predicted molar refractivity (Wildman–Crippen MR) is 107 cm³/mol. The molecule has 0 aliphatic heterocycles. The van der Waals surface area contributed by atoms with Gasteiger partial charge in [-0.15, -0.1) is 18.3 Å². The van der Waals surface area contributed by atoms with Crippen LogP contribution in [0, 0.1) is 0 Å². The monoisotopic (exact) mass is 454 g/mol. The molecule has 0 bridgehead atoms. The van der Waals surface area contributed by atoms with Gasteiger partial charge >= 0.3 is 12.3 Å². The fraction of sp³-hybridized carbons (Fsp3) is 0.286. The summed E-state index contributed by atoms with van der Waals surface area (Å²) in [6.45, 7) is 5.83. The maximum atomic E-state index is 12.2. The second kappa shape index (κ2) is 11.7. The van der Waals surface area contributed by atoms with Crippen LogP contribution in [0.25, 0.3) is 0 Å². The molecule has 0 amide bonds. The van der Waals surface area contributed by atoms with Gasteiger partial charge in [0.2, 0.25) is 0 Å². The Balaban J connectivity index is 1.96. The lowest BCUT2D eigenvalue weighted by Crippen LogP contribution is -2.29. The Morgan fingerprint density at radius 3 is 2.41 bits per heavy atom. The Labute approximate surface area is 181 Å². The Kier molecular flexibility index (Phi) is 9.02. The van der Waals surface area contributed by atoms with E-state index in [0.29, 0.717) is 18.0 Å². The Hall–Kier alpha value is -3.60. The van der Waals surface area contributed by atoms with Gasteiger partial charge in [0.15, 0.2) is 6.10 Å². The number of phenols is 1. The van der Waals surface area contributed by atoms with Crippen molar-refractivity contribution in [2.45, 2.75) is 19.4 Å². The zero-order valence-corrected chi connectivity index (χ0v) is 17.0. The van der Waals surface area contributed by atoms with Crippen LogP contribution in [0.15, 0.2) is 65.3 Å². The van der Waals surface area contributed by atoms with Crippen LogP contribution in [0.3, 0.4) is 0 Å². The van der Waals surface area contributed by atoms with E-state index in [1.807, 2.05) is 6.92 Å². The Morgan fingerprint density at radius 2 is 1.81 bits per heavy atom. The summed E-state index contributed by atoms with van der Waals surface area (Å²) in [5.41, 5.74) is 0.360. The summed E-state index contributed by atoms with van der Waals surface area (Å²) in [5, 5.41) is 17.5. The predicted octanol–water partition coefficient (Wildman–Crippen LogP) is 5.22. The number of azo groups is 1. The van der Waals surface area contributed by atoms with Gasteiger partial charge in [-0.2, -0.15) is 5.11 Å². The molecule has 1 N–H and O–H groups in total. The van der Waals surface area contributed by atoms with Crippen molar-refractivity contribution in [3.05, 3.63) is 55.1 Å². The third kappa shape index (κ3) is 8.64. The first-order valence-corrected chi connectivity index (χ1v) is 9.34. The fourth-order valence-corrected chi connectivity index (χ4v) is 2.27.